The number of nitrogens with one attached hydrogen (secondary N) is 3. The Morgan fingerprint density at radius 2 is 1.89 bits per heavy atom. The van der Waals surface area contributed by atoms with E-state index in [-0.39, 0.29) is 11.8 Å². The van der Waals surface area contributed by atoms with Crippen LogP contribution < -0.4 is 16.1 Å². The average Bonchev–Trinajstić information content (AvgIpc) is 2.96. The van der Waals surface area contributed by atoms with Crippen molar-refractivity contribution in [3.8, 4) is 0 Å². The number of hydrogen-bond acceptors (Lipinski definition) is 5. The van der Waals surface area contributed by atoms with Crippen LogP contribution in [-0.4, -0.2) is 57.9 Å². The maximum atomic E-state index is 12.2. The molecule has 3 atom stereocenters. The van der Waals surface area contributed by atoms with Crippen LogP contribution in [0.4, 0.5) is 4.79 Å². The Hall–Kier alpha value is -2.65. The third kappa shape index (κ3) is 5.20. The van der Waals surface area contributed by atoms with Gasteiger partial charge in [0, 0.05) is 12.1 Å². The van der Waals surface area contributed by atoms with Gasteiger partial charge in [0.25, 0.3) is 11.8 Å². The van der Waals surface area contributed by atoms with Gasteiger partial charge in [-0.15, -0.1) is 0 Å². The van der Waals surface area contributed by atoms with Crippen LogP contribution in [0.2, 0.25) is 0 Å². The second kappa shape index (κ2) is 10.0. The molecule has 1 aliphatic rings. The third-order valence-corrected chi connectivity index (χ3v) is 4.76. The SMILES string of the molecule is CC(C)[C@H](C(=O)NO)N1C(=O)N[C@@H](CCCCNC(=O)c2ccccc2)C1O. The molecule has 4 amide bonds. The highest BCUT2D eigenvalue weighted by atomic mass is 16.5. The van der Waals surface area contributed by atoms with Crippen molar-refractivity contribution in [2.75, 3.05) is 6.54 Å². The first-order valence-corrected chi connectivity index (χ1v) is 9.41. The minimum Gasteiger partial charge on any atom is -0.371 e. The van der Waals surface area contributed by atoms with Crippen molar-refractivity contribution >= 4 is 17.8 Å². The Labute approximate surface area is 164 Å². The zero-order chi connectivity index (χ0) is 20.7. The smallest absolute Gasteiger partial charge is 0.320 e. The lowest BCUT2D eigenvalue weighted by molar-refractivity contribution is -0.138. The first kappa shape index (κ1) is 21.6. The quantitative estimate of drug-likeness (QED) is 0.241. The summed E-state index contributed by atoms with van der Waals surface area (Å²) < 4.78 is 0. The lowest BCUT2D eigenvalue weighted by atomic mass is 10.0. The summed E-state index contributed by atoms with van der Waals surface area (Å²) in [7, 11) is 0. The van der Waals surface area contributed by atoms with E-state index < -0.39 is 30.2 Å². The van der Waals surface area contributed by atoms with Crippen LogP contribution in [0.5, 0.6) is 0 Å². The van der Waals surface area contributed by atoms with Gasteiger partial charge >= 0.3 is 6.03 Å². The number of urea groups is 1. The Kier molecular flexibility index (Phi) is 7.77. The molecule has 1 fully saturated rings. The normalized spacial score (nSPS) is 20.0. The molecule has 0 aliphatic carbocycles. The molecule has 0 aromatic heterocycles. The molecular formula is C19H28N4O5. The molecule has 0 saturated carbocycles. The van der Waals surface area contributed by atoms with Gasteiger partial charge in [-0.2, -0.15) is 0 Å². The second-order valence-corrected chi connectivity index (χ2v) is 7.16. The molecule has 1 aromatic carbocycles. The van der Waals surface area contributed by atoms with Crippen molar-refractivity contribution < 1.29 is 24.7 Å². The Morgan fingerprint density at radius 1 is 1.21 bits per heavy atom. The van der Waals surface area contributed by atoms with E-state index in [2.05, 4.69) is 10.6 Å². The molecular weight excluding hydrogens is 364 g/mol. The number of nitrogens with zero attached hydrogens (tertiary/aromatic N) is 1. The highest BCUT2D eigenvalue weighted by molar-refractivity contribution is 5.94. The summed E-state index contributed by atoms with van der Waals surface area (Å²) in [4.78, 5) is 37.1. The van der Waals surface area contributed by atoms with E-state index in [0.29, 0.717) is 31.4 Å². The number of unbranched alkanes of at least 4 members (excludes halogenated alkanes) is 1. The average molecular weight is 392 g/mol. The number of aliphatic hydroxyl groups excluding tert-OH is 1. The van der Waals surface area contributed by atoms with Gasteiger partial charge in [0.05, 0.1) is 6.04 Å². The fraction of sp³-hybridized carbons (Fsp3) is 0.526. The lowest BCUT2D eigenvalue weighted by Gasteiger charge is -2.31. The van der Waals surface area contributed by atoms with Crippen molar-refractivity contribution in [2.24, 2.45) is 5.92 Å². The third-order valence-electron chi connectivity index (χ3n) is 4.76. The molecule has 28 heavy (non-hydrogen) atoms. The standard InChI is InChI=1S/C19H28N4O5/c1-12(2)15(17(25)22-28)23-18(26)14(21-19(23)27)10-6-7-11-20-16(24)13-8-4-3-5-9-13/h3-5,8-9,12,14-15,18,26,28H,6-7,10-11H2,1-2H3,(H,20,24)(H,21,27)(H,22,25)/t14-,15+,18?/m0/s1. The van der Waals surface area contributed by atoms with Gasteiger partial charge in [0.15, 0.2) is 6.23 Å². The highest BCUT2D eigenvalue weighted by Crippen LogP contribution is 2.23. The van der Waals surface area contributed by atoms with E-state index in [1.54, 1.807) is 43.6 Å². The van der Waals surface area contributed by atoms with E-state index >= 15 is 0 Å². The van der Waals surface area contributed by atoms with Crippen LogP contribution in [0.3, 0.4) is 0 Å². The van der Waals surface area contributed by atoms with Crippen LogP contribution in [0.25, 0.3) is 0 Å². The molecule has 2 rings (SSSR count). The monoisotopic (exact) mass is 392 g/mol. The van der Waals surface area contributed by atoms with Gasteiger partial charge in [-0.3, -0.25) is 19.7 Å². The Balaban J connectivity index is 1.80. The number of rotatable bonds is 9. The zero-order valence-corrected chi connectivity index (χ0v) is 16.1. The number of aliphatic hydroxyl groups is 1. The van der Waals surface area contributed by atoms with Crippen LogP contribution in [-0.2, 0) is 4.79 Å². The molecule has 1 aromatic rings. The van der Waals surface area contributed by atoms with E-state index in [9.17, 15) is 19.5 Å². The first-order valence-electron chi connectivity index (χ1n) is 9.41. The topological polar surface area (TPSA) is 131 Å². The van der Waals surface area contributed by atoms with Gasteiger partial charge in [0.1, 0.15) is 6.04 Å². The number of hydrogen-bond donors (Lipinski definition) is 5. The van der Waals surface area contributed by atoms with Gasteiger partial charge in [-0.1, -0.05) is 32.0 Å². The van der Waals surface area contributed by atoms with E-state index in [1.807, 2.05) is 6.07 Å². The maximum Gasteiger partial charge on any atom is 0.320 e. The molecule has 0 spiro atoms. The zero-order valence-electron chi connectivity index (χ0n) is 16.1. The summed E-state index contributed by atoms with van der Waals surface area (Å²) in [5.74, 6) is -1.18. The van der Waals surface area contributed by atoms with Crippen molar-refractivity contribution in [2.45, 2.75) is 51.4 Å². The summed E-state index contributed by atoms with van der Waals surface area (Å²) in [5.41, 5.74) is 2.15. The molecule has 154 valence electrons. The van der Waals surface area contributed by atoms with Crippen LogP contribution >= 0.6 is 0 Å². The number of benzene rings is 1. The molecule has 0 radical (unpaired) electrons. The minimum atomic E-state index is -1.17. The van der Waals surface area contributed by atoms with E-state index in [4.69, 9.17) is 5.21 Å². The molecule has 5 N–H and O–H groups in total. The predicted molar refractivity (Wildman–Crippen MR) is 101 cm³/mol. The summed E-state index contributed by atoms with van der Waals surface area (Å²) in [5, 5.41) is 24.9. The molecule has 9 heteroatoms. The van der Waals surface area contributed by atoms with Crippen LogP contribution in [0, 0.1) is 5.92 Å². The predicted octanol–water partition coefficient (Wildman–Crippen LogP) is 0.829. The summed E-state index contributed by atoms with van der Waals surface area (Å²) in [6.07, 6.45) is 0.679. The first-order chi connectivity index (χ1) is 13.4. The molecule has 9 nitrogen and oxygen atoms in total. The molecule has 1 saturated heterocycles. The Bertz CT molecular complexity index is 682. The molecule has 1 unspecified atom stereocenters. The summed E-state index contributed by atoms with van der Waals surface area (Å²) in [6, 6.07) is 6.87. The van der Waals surface area contributed by atoms with E-state index in [1.165, 1.54) is 0 Å². The largest absolute Gasteiger partial charge is 0.371 e. The van der Waals surface area contributed by atoms with Crippen LogP contribution in [0.15, 0.2) is 30.3 Å². The van der Waals surface area contributed by atoms with Crippen molar-refractivity contribution in [3.63, 3.8) is 0 Å². The molecule has 1 aliphatic heterocycles. The molecule has 1 heterocycles. The van der Waals surface area contributed by atoms with Crippen LogP contribution in [0.1, 0.15) is 43.5 Å². The number of hydroxylamine groups is 1. The number of carbonyl (C=O) groups excluding carboxylic acids is 3. The van der Waals surface area contributed by atoms with Gasteiger partial charge in [-0.05, 0) is 37.3 Å². The summed E-state index contributed by atoms with van der Waals surface area (Å²) >= 11 is 0. The highest BCUT2D eigenvalue weighted by Gasteiger charge is 2.45. The van der Waals surface area contributed by atoms with Crippen molar-refractivity contribution in [3.05, 3.63) is 35.9 Å². The molecule has 0 bridgehead atoms. The van der Waals surface area contributed by atoms with Gasteiger partial charge in [0.2, 0.25) is 0 Å². The summed E-state index contributed by atoms with van der Waals surface area (Å²) in [6.45, 7) is 3.93. The maximum absolute atomic E-state index is 12.2. The van der Waals surface area contributed by atoms with Crippen molar-refractivity contribution in [1.82, 2.24) is 21.0 Å². The van der Waals surface area contributed by atoms with Crippen molar-refractivity contribution in [1.29, 1.82) is 0 Å². The lowest BCUT2D eigenvalue weighted by Crippen LogP contribution is -2.53. The number of amides is 4. The fourth-order valence-electron chi connectivity index (χ4n) is 3.33. The Morgan fingerprint density at radius 3 is 2.50 bits per heavy atom. The number of carbonyl (C=O) groups is 3. The van der Waals surface area contributed by atoms with E-state index in [0.717, 1.165) is 4.90 Å². The van der Waals surface area contributed by atoms with Gasteiger partial charge in [-0.25, -0.2) is 10.3 Å². The minimum absolute atomic E-state index is 0.143. The fourth-order valence-corrected chi connectivity index (χ4v) is 3.33. The second-order valence-electron chi connectivity index (χ2n) is 7.16. The van der Waals surface area contributed by atoms with Gasteiger partial charge < -0.3 is 15.7 Å².